The van der Waals surface area contributed by atoms with Crippen molar-refractivity contribution in [2.24, 2.45) is 11.7 Å². The quantitative estimate of drug-likeness (QED) is 0.912. The maximum absolute atomic E-state index is 6.57. The average molecular weight is 325 g/mol. The molecule has 1 unspecified atom stereocenters. The number of para-hydroxylation sites is 1. The summed E-state index contributed by atoms with van der Waals surface area (Å²) in [6.45, 7) is 4.18. The minimum Gasteiger partial charge on any atom is -0.381 e. The van der Waals surface area contributed by atoms with Crippen LogP contribution in [0.25, 0.3) is 0 Å². The van der Waals surface area contributed by atoms with E-state index in [1.165, 1.54) is 56.4 Å². The van der Waals surface area contributed by atoms with Crippen LogP contribution in [0.3, 0.4) is 0 Å². The molecule has 2 heterocycles. The van der Waals surface area contributed by atoms with Gasteiger partial charge in [-0.2, -0.15) is 0 Å². The van der Waals surface area contributed by atoms with Gasteiger partial charge in [0.15, 0.2) is 0 Å². The molecule has 2 aliphatic heterocycles. The summed E-state index contributed by atoms with van der Waals surface area (Å²) in [5, 5.41) is 0. The molecule has 0 amide bonds. The van der Waals surface area contributed by atoms with E-state index in [2.05, 4.69) is 29.2 Å². The van der Waals surface area contributed by atoms with E-state index in [-0.39, 0.29) is 18.4 Å². The Morgan fingerprint density at radius 2 is 1.77 bits per heavy atom. The Kier molecular flexibility index (Phi) is 7.00. The summed E-state index contributed by atoms with van der Waals surface area (Å²) in [4.78, 5) is 2.53. The van der Waals surface area contributed by atoms with E-state index in [1.807, 2.05) is 0 Å². The molecular formula is C18H29ClN2O. The molecule has 2 aliphatic rings. The van der Waals surface area contributed by atoms with Gasteiger partial charge in [0.05, 0.1) is 0 Å². The first-order valence-corrected chi connectivity index (χ1v) is 8.52. The predicted octanol–water partition coefficient (Wildman–Crippen LogP) is 3.92. The number of piperidine rings is 1. The number of hydrogen-bond donors (Lipinski definition) is 1. The Morgan fingerprint density at radius 1 is 1.09 bits per heavy atom. The van der Waals surface area contributed by atoms with Gasteiger partial charge in [-0.25, -0.2) is 0 Å². The van der Waals surface area contributed by atoms with Crippen molar-refractivity contribution in [3.63, 3.8) is 0 Å². The average Bonchev–Trinajstić information content (AvgIpc) is 2.56. The zero-order valence-corrected chi connectivity index (χ0v) is 14.2. The second-order valence-corrected chi connectivity index (χ2v) is 6.50. The number of rotatable bonds is 4. The second kappa shape index (κ2) is 8.76. The summed E-state index contributed by atoms with van der Waals surface area (Å²) in [5.74, 6) is 0.725. The van der Waals surface area contributed by atoms with Gasteiger partial charge in [-0.15, -0.1) is 12.4 Å². The van der Waals surface area contributed by atoms with Gasteiger partial charge in [0, 0.05) is 38.0 Å². The van der Waals surface area contributed by atoms with Crippen LogP contribution in [0.1, 0.15) is 50.1 Å². The molecule has 22 heavy (non-hydrogen) atoms. The second-order valence-electron chi connectivity index (χ2n) is 6.50. The first kappa shape index (κ1) is 17.6. The van der Waals surface area contributed by atoms with Gasteiger partial charge >= 0.3 is 0 Å². The number of nitrogens with zero attached hydrogens (tertiary/aromatic N) is 1. The molecule has 0 aliphatic carbocycles. The monoisotopic (exact) mass is 324 g/mol. The molecule has 0 spiro atoms. The first-order valence-electron chi connectivity index (χ1n) is 8.52. The summed E-state index contributed by atoms with van der Waals surface area (Å²) >= 11 is 0. The highest BCUT2D eigenvalue weighted by Gasteiger charge is 2.22. The van der Waals surface area contributed by atoms with Gasteiger partial charge in [-0.3, -0.25) is 0 Å². The molecule has 2 N–H and O–H groups in total. The number of nitrogens with two attached hydrogens (primary N) is 1. The highest BCUT2D eigenvalue weighted by atomic mass is 35.5. The molecular weight excluding hydrogens is 296 g/mol. The molecule has 1 aromatic carbocycles. The van der Waals surface area contributed by atoms with E-state index < -0.39 is 0 Å². The van der Waals surface area contributed by atoms with Crippen LogP contribution in [0.4, 0.5) is 5.69 Å². The van der Waals surface area contributed by atoms with Gasteiger partial charge in [0.1, 0.15) is 0 Å². The maximum atomic E-state index is 6.57. The summed E-state index contributed by atoms with van der Waals surface area (Å²) in [5.41, 5.74) is 9.28. The summed E-state index contributed by atoms with van der Waals surface area (Å²) in [6.07, 6.45) is 7.41. The van der Waals surface area contributed by atoms with Crippen molar-refractivity contribution in [1.29, 1.82) is 0 Å². The van der Waals surface area contributed by atoms with Crippen LogP contribution in [0.2, 0.25) is 0 Å². The zero-order valence-electron chi connectivity index (χ0n) is 13.4. The molecule has 3 rings (SSSR count). The molecule has 4 heteroatoms. The van der Waals surface area contributed by atoms with E-state index in [0.717, 1.165) is 25.6 Å². The van der Waals surface area contributed by atoms with Gasteiger partial charge < -0.3 is 15.4 Å². The van der Waals surface area contributed by atoms with E-state index in [4.69, 9.17) is 10.5 Å². The summed E-state index contributed by atoms with van der Waals surface area (Å²) in [7, 11) is 0. The van der Waals surface area contributed by atoms with E-state index in [9.17, 15) is 0 Å². The lowest BCUT2D eigenvalue weighted by Crippen LogP contribution is -2.31. The number of ether oxygens (including phenoxy) is 1. The fourth-order valence-corrected chi connectivity index (χ4v) is 3.69. The van der Waals surface area contributed by atoms with Crippen molar-refractivity contribution in [1.82, 2.24) is 0 Å². The fourth-order valence-electron chi connectivity index (χ4n) is 3.69. The Hall–Kier alpha value is -0.770. The van der Waals surface area contributed by atoms with E-state index in [1.54, 1.807) is 0 Å². The largest absolute Gasteiger partial charge is 0.381 e. The van der Waals surface area contributed by atoms with E-state index in [0.29, 0.717) is 0 Å². The lowest BCUT2D eigenvalue weighted by atomic mass is 9.89. The molecule has 3 nitrogen and oxygen atoms in total. The molecule has 1 atom stereocenters. The van der Waals surface area contributed by atoms with Gasteiger partial charge in [0.2, 0.25) is 0 Å². The van der Waals surface area contributed by atoms with Crippen molar-refractivity contribution in [3.05, 3.63) is 29.8 Å². The molecule has 1 aromatic rings. The number of anilines is 1. The molecule has 124 valence electrons. The predicted molar refractivity (Wildman–Crippen MR) is 94.8 cm³/mol. The third-order valence-corrected chi connectivity index (χ3v) is 4.96. The Balaban J connectivity index is 0.00000176. The van der Waals surface area contributed by atoms with Crippen LogP contribution < -0.4 is 10.6 Å². The Bertz CT molecular complexity index is 442. The van der Waals surface area contributed by atoms with Gasteiger partial charge in [-0.1, -0.05) is 18.2 Å². The van der Waals surface area contributed by atoms with Gasteiger partial charge in [-0.05, 0) is 56.1 Å². The molecule has 0 saturated carbocycles. The summed E-state index contributed by atoms with van der Waals surface area (Å²) < 4.78 is 5.46. The smallest absolute Gasteiger partial charge is 0.0468 e. The lowest BCUT2D eigenvalue weighted by molar-refractivity contribution is 0.0618. The molecule has 2 fully saturated rings. The van der Waals surface area contributed by atoms with Crippen LogP contribution in [0.15, 0.2) is 24.3 Å². The maximum Gasteiger partial charge on any atom is 0.0468 e. The lowest BCUT2D eigenvalue weighted by Gasteiger charge is -2.33. The van der Waals surface area contributed by atoms with Crippen LogP contribution in [-0.2, 0) is 4.74 Å². The molecule has 2 saturated heterocycles. The molecule has 0 aromatic heterocycles. The summed E-state index contributed by atoms with van der Waals surface area (Å²) in [6, 6.07) is 8.92. The number of hydrogen-bond acceptors (Lipinski definition) is 3. The van der Waals surface area contributed by atoms with Crippen molar-refractivity contribution >= 4 is 18.1 Å². The Morgan fingerprint density at radius 3 is 2.50 bits per heavy atom. The van der Waals surface area contributed by atoms with Crippen molar-refractivity contribution < 1.29 is 4.74 Å². The normalized spacial score (nSPS) is 21.2. The minimum atomic E-state index is 0. The van der Waals surface area contributed by atoms with Gasteiger partial charge in [0.25, 0.3) is 0 Å². The van der Waals surface area contributed by atoms with Crippen LogP contribution in [0, 0.1) is 5.92 Å². The minimum absolute atomic E-state index is 0. The SMILES string of the molecule is Cl.NC(CC1CCOCC1)c1ccccc1N1CCCCC1. The standard InChI is InChI=1S/C18H28N2O.ClH/c19-17(14-15-8-12-21-13-9-15)16-6-2-3-7-18(16)20-10-4-1-5-11-20;/h2-3,6-7,15,17H,1,4-5,8-14,19H2;1H. The zero-order chi connectivity index (χ0) is 14.5. The molecule has 0 bridgehead atoms. The molecule has 0 radical (unpaired) electrons. The van der Waals surface area contributed by atoms with Crippen LogP contribution in [-0.4, -0.2) is 26.3 Å². The van der Waals surface area contributed by atoms with Crippen molar-refractivity contribution in [3.8, 4) is 0 Å². The highest BCUT2D eigenvalue weighted by molar-refractivity contribution is 5.85. The highest BCUT2D eigenvalue weighted by Crippen LogP contribution is 2.32. The van der Waals surface area contributed by atoms with Crippen LogP contribution in [0.5, 0.6) is 0 Å². The van der Waals surface area contributed by atoms with E-state index >= 15 is 0 Å². The first-order chi connectivity index (χ1) is 10.3. The third-order valence-electron chi connectivity index (χ3n) is 4.96. The van der Waals surface area contributed by atoms with Crippen molar-refractivity contribution in [2.75, 3.05) is 31.2 Å². The number of benzene rings is 1. The third kappa shape index (κ3) is 4.37. The van der Waals surface area contributed by atoms with Crippen molar-refractivity contribution in [2.45, 2.75) is 44.6 Å². The topological polar surface area (TPSA) is 38.5 Å². The fraction of sp³-hybridized carbons (Fsp3) is 0.667. The number of halogens is 1. The Labute approximate surface area is 140 Å². The van der Waals surface area contributed by atoms with Crippen LogP contribution >= 0.6 is 12.4 Å².